The van der Waals surface area contributed by atoms with E-state index in [1.807, 2.05) is 66.9 Å². The Morgan fingerprint density at radius 3 is 2.58 bits per heavy atom. The van der Waals surface area contributed by atoms with E-state index in [1.165, 1.54) is 5.56 Å². The van der Waals surface area contributed by atoms with Crippen molar-refractivity contribution in [3.05, 3.63) is 100 Å². The number of ether oxygens (including phenoxy) is 2. The molecule has 1 amide bonds. The number of nitrogens with zero attached hydrogens (tertiary/aromatic N) is 2. The van der Waals surface area contributed by atoms with Crippen LogP contribution in [0.4, 0.5) is 0 Å². The van der Waals surface area contributed by atoms with Gasteiger partial charge in [0.1, 0.15) is 11.5 Å². The lowest BCUT2D eigenvalue weighted by Gasteiger charge is -2.09. The number of benzene rings is 2. The third kappa shape index (κ3) is 6.89. The maximum absolute atomic E-state index is 12.4. The molecule has 6 nitrogen and oxygen atoms in total. The van der Waals surface area contributed by atoms with Crippen molar-refractivity contribution in [1.82, 2.24) is 15.3 Å². The fourth-order valence-electron chi connectivity index (χ4n) is 3.22. The highest BCUT2D eigenvalue weighted by atomic mass is 32.1. The molecule has 1 N–H and O–H groups in total. The molecular formula is C26H25N3O3S. The smallest absolute Gasteiger partial charge is 0.226 e. The first-order valence-electron chi connectivity index (χ1n) is 10.8. The minimum absolute atomic E-state index is 0.0719. The fourth-order valence-corrected chi connectivity index (χ4v) is 4.05. The summed E-state index contributed by atoms with van der Waals surface area (Å²) >= 11 is 1.58. The van der Waals surface area contributed by atoms with Crippen LogP contribution in [-0.2, 0) is 24.2 Å². The Labute approximate surface area is 197 Å². The highest BCUT2D eigenvalue weighted by Gasteiger charge is 2.09. The Bertz CT molecular complexity index is 1180. The molecule has 0 radical (unpaired) electrons. The van der Waals surface area contributed by atoms with Gasteiger partial charge in [0.2, 0.25) is 11.8 Å². The van der Waals surface area contributed by atoms with Crippen LogP contribution in [0.1, 0.15) is 28.8 Å². The molecule has 168 valence electrons. The zero-order chi connectivity index (χ0) is 22.9. The largest absolute Gasteiger partial charge is 0.494 e. The van der Waals surface area contributed by atoms with Gasteiger partial charge in [-0.15, -0.1) is 11.3 Å². The lowest BCUT2D eigenvalue weighted by molar-refractivity contribution is -0.120. The molecule has 0 saturated carbocycles. The number of pyridine rings is 1. The first-order valence-corrected chi connectivity index (χ1v) is 11.7. The van der Waals surface area contributed by atoms with Gasteiger partial charge in [0, 0.05) is 30.6 Å². The van der Waals surface area contributed by atoms with Gasteiger partial charge in [0.05, 0.1) is 23.7 Å². The number of carbonyl (C=O) groups is 1. The van der Waals surface area contributed by atoms with Crippen molar-refractivity contribution in [2.75, 3.05) is 6.61 Å². The molecule has 0 aliphatic rings. The van der Waals surface area contributed by atoms with Crippen molar-refractivity contribution < 1.29 is 14.3 Å². The maximum atomic E-state index is 12.4. The molecule has 7 heteroatoms. The van der Waals surface area contributed by atoms with Gasteiger partial charge in [-0.1, -0.05) is 30.3 Å². The fraction of sp³-hybridized carbons (Fsp3) is 0.192. The summed E-state index contributed by atoms with van der Waals surface area (Å²) in [5.41, 5.74) is 2.91. The van der Waals surface area contributed by atoms with Crippen molar-refractivity contribution in [3.63, 3.8) is 0 Å². The molecule has 0 spiro atoms. The summed E-state index contributed by atoms with van der Waals surface area (Å²) in [6, 6.07) is 21.2. The van der Waals surface area contributed by atoms with Crippen LogP contribution in [-0.4, -0.2) is 22.5 Å². The molecular weight excluding hydrogens is 434 g/mol. The molecule has 4 aromatic rings. The average molecular weight is 460 g/mol. The number of amides is 1. The molecule has 0 saturated heterocycles. The second kappa shape index (κ2) is 11.2. The van der Waals surface area contributed by atoms with E-state index < -0.39 is 0 Å². The van der Waals surface area contributed by atoms with Gasteiger partial charge in [-0.3, -0.25) is 4.79 Å². The van der Waals surface area contributed by atoms with Gasteiger partial charge in [0.15, 0.2) is 0 Å². The minimum Gasteiger partial charge on any atom is -0.494 e. The van der Waals surface area contributed by atoms with Crippen molar-refractivity contribution in [1.29, 1.82) is 0 Å². The second-order valence-corrected chi connectivity index (χ2v) is 8.30. The lowest BCUT2D eigenvalue weighted by atomic mass is 10.2. The van der Waals surface area contributed by atoms with Gasteiger partial charge < -0.3 is 14.8 Å². The number of carbonyl (C=O) groups excluding carboxylic acids is 1. The molecule has 0 aliphatic carbocycles. The van der Waals surface area contributed by atoms with E-state index >= 15 is 0 Å². The molecule has 0 atom stereocenters. The van der Waals surface area contributed by atoms with Crippen LogP contribution in [0.5, 0.6) is 17.4 Å². The summed E-state index contributed by atoms with van der Waals surface area (Å²) in [4.78, 5) is 21.3. The van der Waals surface area contributed by atoms with Crippen molar-refractivity contribution in [2.24, 2.45) is 0 Å². The van der Waals surface area contributed by atoms with Crippen molar-refractivity contribution in [3.8, 4) is 17.4 Å². The molecule has 33 heavy (non-hydrogen) atoms. The van der Waals surface area contributed by atoms with E-state index in [9.17, 15) is 4.79 Å². The van der Waals surface area contributed by atoms with Crippen LogP contribution in [0.2, 0.25) is 0 Å². The second-order valence-electron chi connectivity index (χ2n) is 7.36. The van der Waals surface area contributed by atoms with Crippen LogP contribution in [0.25, 0.3) is 0 Å². The molecule has 0 aliphatic heterocycles. The van der Waals surface area contributed by atoms with Crippen molar-refractivity contribution >= 4 is 17.2 Å². The normalized spacial score (nSPS) is 10.6. The van der Waals surface area contributed by atoms with E-state index in [-0.39, 0.29) is 12.3 Å². The van der Waals surface area contributed by atoms with Crippen LogP contribution in [0, 0.1) is 0 Å². The quantitative estimate of drug-likeness (QED) is 0.354. The Morgan fingerprint density at radius 2 is 1.79 bits per heavy atom. The number of hydrogen-bond acceptors (Lipinski definition) is 6. The van der Waals surface area contributed by atoms with Gasteiger partial charge in [-0.25, -0.2) is 9.97 Å². The zero-order valence-corrected chi connectivity index (χ0v) is 19.2. The molecule has 0 fully saturated rings. The average Bonchev–Trinajstić information content (AvgIpc) is 3.26. The van der Waals surface area contributed by atoms with E-state index in [2.05, 4.69) is 27.4 Å². The molecule has 2 aromatic carbocycles. The Kier molecular flexibility index (Phi) is 7.66. The molecule has 0 unspecified atom stereocenters. The van der Waals surface area contributed by atoms with E-state index in [0.29, 0.717) is 24.8 Å². The molecule has 0 bridgehead atoms. The minimum atomic E-state index is -0.0719. The summed E-state index contributed by atoms with van der Waals surface area (Å²) in [5, 5.41) is 5.90. The first-order chi connectivity index (χ1) is 16.2. The van der Waals surface area contributed by atoms with E-state index in [1.54, 1.807) is 17.5 Å². The molecule has 4 rings (SSSR count). The highest BCUT2D eigenvalue weighted by molar-refractivity contribution is 7.09. The van der Waals surface area contributed by atoms with E-state index in [4.69, 9.17) is 9.47 Å². The Balaban J connectivity index is 1.27. The lowest BCUT2D eigenvalue weighted by Crippen LogP contribution is -2.24. The van der Waals surface area contributed by atoms with Gasteiger partial charge >= 0.3 is 0 Å². The standard InChI is InChI=1S/C26H25N3O3S/c1-2-31-22-8-10-23(11-9-22)32-25-14-20(12-13-27-25)17-28-24(30)16-21-18-33-26(29-21)15-19-6-4-3-5-7-19/h3-14,18H,2,15-17H2,1H3,(H,28,30). The van der Waals surface area contributed by atoms with Crippen LogP contribution >= 0.6 is 11.3 Å². The number of thiazole rings is 1. The first kappa shape index (κ1) is 22.5. The summed E-state index contributed by atoms with van der Waals surface area (Å²) in [5.74, 6) is 1.86. The summed E-state index contributed by atoms with van der Waals surface area (Å²) in [6.07, 6.45) is 2.70. The van der Waals surface area contributed by atoms with Crippen LogP contribution < -0.4 is 14.8 Å². The van der Waals surface area contributed by atoms with Crippen LogP contribution in [0.3, 0.4) is 0 Å². The highest BCUT2D eigenvalue weighted by Crippen LogP contribution is 2.23. The van der Waals surface area contributed by atoms with Crippen LogP contribution in [0.15, 0.2) is 78.3 Å². The Hall–Kier alpha value is -3.71. The predicted octanol–water partition coefficient (Wildman–Crippen LogP) is 5.18. The predicted molar refractivity (Wildman–Crippen MR) is 129 cm³/mol. The number of aromatic nitrogens is 2. The number of hydrogen-bond donors (Lipinski definition) is 1. The summed E-state index contributed by atoms with van der Waals surface area (Å²) < 4.78 is 11.3. The summed E-state index contributed by atoms with van der Waals surface area (Å²) in [7, 11) is 0. The van der Waals surface area contributed by atoms with Crippen molar-refractivity contribution in [2.45, 2.75) is 26.3 Å². The molecule has 2 aromatic heterocycles. The zero-order valence-electron chi connectivity index (χ0n) is 18.4. The van der Waals surface area contributed by atoms with Gasteiger partial charge in [-0.2, -0.15) is 0 Å². The third-order valence-electron chi connectivity index (χ3n) is 4.79. The van der Waals surface area contributed by atoms with E-state index in [0.717, 1.165) is 28.4 Å². The Morgan fingerprint density at radius 1 is 1.00 bits per heavy atom. The van der Waals surface area contributed by atoms with Gasteiger partial charge in [-0.05, 0) is 48.4 Å². The maximum Gasteiger partial charge on any atom is 0.226 e. The monoisotopic (exact) mass is 459 g/mol. The van der Waals surface area contributed by atoms with Gasteiger partial charge in [0.25, 0.3) is 0 Å². The topological polar surface area (TPSA) is 73.3 Å². The number of nitrogens with one attached hydrogen (secondary N) is 1. The SMILES string of the molecule is CCOc1ccc(Oc2cc(CNC(=O)Cc3csc(Cc4ccccc4)n3)ccn2)cc1. The number of rotatable bonds is 10. The molecule has 2 heterocycles. The third-order valence-corrected chi connectivity index (χ3v) is 5.68. The summed E-state index contributed by atoms with van der Waals surface area (Å²) in [6.45, 7) is 2.95.